The van der Waals surface area contributed by atoms with Crippen molar-refractivity contribution in [2.45, 2.75) is 17.6 Å². The highest BCUT2D eigenvalue weighted by Gasteiger charge is 2.18. The molecule has 0 aliphatic heterocycles. The molecule has 0 fully saturated rings. The molecule has 106 valence electrons. The lowest BCUT2D eigenvalue weighted by Crippen LogP contribution is -2.07. The van der Waals surface area contributed by atoms with Gasteiger partial charge in [0.25, 0.3) is 0 Å². The van der Waals surface area contributed by atoms with E-state index in [1.54, 1.807) is 25.1 Å². The van der Waals surface area contributed by atoms with Crippen molar-refractivity contribution in [1.82, 2.24) is 0 Å². The minimum absolute atomic E-state index is 0.123. The van der Waals surface area contributed by atoms with Crippen LogP contribution in [-0.4, -0.2) is 8.42 Å². The molecule has 0 bridgehead atoms. The second-order valence-corrected chi connectivity index (χ2v) is 7.27. The number of rotatable bonds is 3. The van der Waals surface area contributed by atoms with E-state index < -0.39 is 9.84 Å². The third-order valence-corrected chi connectivity index (χ3v) is 5.49. The molecule has 0 aliphatic rings. The van der Waals surface area contributed by atoms with Gasteiger partial charge in [-0.1, -0.05) is 35.3 Å². The average molecular weight is 330 g/mol. The Morgan fingerprint density at radius 2 is 1.80 bits per heavy atom. The van der Waals surface area contributed by atoms with Crippen molar-refractivity contribution in [3.63, 3.8) is 0 Å². The standard InChI is InChI=1S/C14H13Cl2NO2S/c1-9-10(3-2-4-14(9)17)8-20(18,19)11-5-6-12(15)13(16)7-11/h2-7H,8,17H2,1H3. The van der Waals surface area contributed by atoms with E-state index in [2.05, 4.69) is 0 Å². The van der Waals surface area contributed by atoms with E-state index >= 15 is 0 Å². The summed E-state index contributed by atoms with van der Waals surface area (Å²) in [5.41, 5.74) is 7.82. The fraction of sp³-hybridized carbons (Fsp3) is 0.143. The van der Waals surface area contributed by atoms with Crippen LogP contribution in [0.2, 0.25) is 10.0 Å². The molecule has 0 amide bonds. The number of nitrogens with two attached hydrogens (primary N) is 1. The molecule has 3 nitrogen and oxygen atoms in total. The first kappa shape index (κ1) is 15.2. The van der Waals surface area contributed by atoms with Crippen molar-refractivity contribution in [1.29, 1.82) is 0 Å². The first-order valence-electron chi connectivity index (χ1n) is 5.83. The summed E-state index contributed by atoms with van der Waals surface area (Å²) >= 11 is 11.7. The molecule has 0 atom stereocenters. The predicted molar refractivity (Wildman–Crippen MR) is 82.9 cm³/mol. The highest BCUT2D eigenvalue weighted by atomic mass is 35.5. The Morgan fingerprint density at radius 3 is 2.45 bits per heavy atom. The molecule has 2 rings (SSSR count). The second-order valence-electron chi connectivity index (χ2n) is 4.47. The molecule has 0 unspecified atom stereocenters. The van der Waals surface area contributed by atoms with Gasteiger partial charge < -0.3 is 5.73 Å². The van der Waals surface area contributed by atoms with E-state index in [0.29, 0.717) is 16.3 Å². The van der Waals surface area contributed by atoms with E-state index in [-0.39, 0.29) is 15.7 Å². The minimum atomic E-state index is -3.49. The molecule has 0 aromatic heterocycles. The number of hydrogen-bond acceptors (Lipinski definition) is 3. The van der Waals surface area contributed by atoms with Gasteiger partial charge in [0.2, 0.25) is 0 Å². The highest BCUT2D eigenvalue weighted by molar-refractivity contribution is 7.90. The topological polar surface area (TPSA) is 60.2 Å². The summed E-state index contributed by atoms with van der Waals surface area (Å²) < 4.78 is 24.8. The van der Waals surface area contributed by atoms with Gasteiger partial charge in [-0.25, -0.2) is 8.42 Å². The first-order chi connectivity index (χ1) is 9.31. The second kappa shape index (κ2) is 5.64. The van der Waals surface area contributed by atoms with Gasteiger partial charge in [0.15, 0.2) is 9.84 Å². The summed E-state index contributed by atoms with van der Waals surface area (Å²) in [4.78, 5) is 0.147. The van der Waals surface area contributed by atoms with E-state index in [0.717, 1.165) is 5.56 Å². The number of nitrogen functional groups attached to an aromatic ring is 1. The van der Waals surface area contributed by atoms with Crippen molar-refractivity contribution in [2.75, 3.05) is 5.73 Å². The molecule has 0 heterocycles. The van der Waals surface area contributed by atoms with Crippen LogP contribution in [0.5, 0.6) is 0 Å². The molecule has 6 heteroatoms. The molecular weight excluding hydrogens is 317 g/mol. The zero-order chi connectivity index (χ0) is 14.9. The molecule has 0 spiro atoms. The highest BCUT2D eigenvalue weighted by Crippen LogP contribution is 2.27. The third-order valence-electron chi connectivity index (χ3n) is 3.08. The van der Waals surface area contributed by atoms with Crippen LogP contribution in [0, 0.1) is 6.92 Å². The van der Waals surface area contributed by atoms with Crippen molar-refractivity contribution in [3.8, 4) is 0 Å². The molecule has 0 radical (unpaired) electrons. The van der Waals surface area contributed by atoms with Gasteiger partial charge in [-0.2, -0.15) is 0 Å². The van der Waals surface area contributed by atoms with Gasteiger partial charge in [0, 0.05) is 5.69 Å². The fourth-order valence-corrected chi connectivity index (χ4v) is 3.64. The smallest absolute Gasteiger partial charge is 0.182 e. The van der Waals surface area contributed by atoms with Gasteiger partial charge in [0.05, 0.1) is 20.7 Å². The fourth-order valence-electron chi connectivity index (χ4n) is 1.82. The third kappa shape index (κ3) is 3.08. The normalized spacial score (nSPS) is 11.6. The summed E-state index contributed by atoms with van der Waals surface area (Å²) in [7, 11) is -3.49. The summed E-state index contributed by atoms with van der Waals surface area (Å²) in [6.45, 7) is 1.80. The van der Waals surface area contributed by atoms with Crippen LogP contribution in [0.4, 0.5) is 5.69 Å². The molecule has 0 aliphatic carbocycles. The largest absolute Gasteiger partial charge is 0.399 e. The summed E-state index contributed by atoms with van der Waals surface area (Å²) in [6.07, 6.45) is 0. The number of halogens is 2. The van der Waals surface area contributed by atoms with Crippen molar-refractivity contribution >= 4 is 38.7 Å². The van der Waals surface area contributed by atoms with E-state index in [1.165, 1.54) is 18.2 Å². The van der Waals surface area contributed by atoms with Crippen LogP contribution in [0.1, 0.15) is 11.1 Å². The Labute approximate surface area is 128 Å². The maximum absolute atomic E-state index is 12.4. The summed E-state index contributed by atoms with van der Waals surface area (Å²) in [6, 6.07) is 9.52. The first-order valence-corrected chi connectivity index (χ1v) is 8.24. The molecule has 2 aromatic rings. The van der Waals surface area contributed by atoms with Gasteiger partial charge in [-0.05, 0) is 42.3 Å². The molecule has 20 heavy (non-hydrogen) atoms. The molecular formula is C14H13Cl2NO2S. The quantitative estimate of drug-likeness (QED) is 0.870. The lowest BCUT2D eigenvalue weighted by atomic mass is 10.1. The monoisotopic (exact) mass is 329 g/mol. The van der Waals surface area contributed by atoms with Crippen LogP contribution in [-0.2, 0) is 15.6 Å². The number of sulfone groups is 1. The van der Waals surface area contributed by atoms with Crippen LogP contribution < -0.4 is 5.73 Å². The van der Waals surface area contributed by atoms with Gasteiger partial charge >= 0.3 is 0 Å². The number of hydrogen-bond donors (Lipinski definition) is 1. The van der Waals surface area contributed by atoms with Gasteiger partial charge in [-0.3, -0.25) is 0 Å². The number of anilines is 1. The van der Waals surface area contributed by atoms with Crippen LogP contribution >= 0.6 is 23.2 Å². The minimum Gasteiger partial charge on any atom is -0.399 e. The van der Waals surface area contributed by atoms with Crippen LogP contribution in [0.15, 0.2) is 41.3 Å². The average Bonchev–Trinajstić information content (AvgIpc) is 2.38. The van der Waals surface area contributed by atoms with Crippen LogP contribution in [0.3, 0.4) is 0 Å². The zero-order valence-corrected chi connectivity index (χ0v) is 13.1. The van der Waals surface area contributed by atoms with Crippen molar-refractivity contribution in [3.05, 3.63) is 57.6 Å². The van der Waals surface area contributed by atoms with Crippen molar-refractivity contribution in [2.24, 2.45) is 0 Å². The Bertz CT molecular complexity index is 758. The molecule has 2 N–H and O–H groups in total. The van der Waals surface area contributed by atoms with Crippen molar-refractivity contribution < 1.29 is 8.42 Å². The Hall–Kier alpha value is -1.23. The van der Waals surface area contributed by atoms with E-state index in [1.807, 2.05) is 0 Å². The lowest BCUT2D eigenvalue weighted by Gasteiger charge is -2.10. The maximum atomic E-state index is 12.4. The van der Waals surface area contributed by atoms with E-state index in [4.69, 9.17) is 28.9 Å². The molecule has 2 aromatic carbocycles. The maximum Gasteiger partial charge on any atom is 0.182 e. The zero-order valence-electron chi connectivity index (χ0n) is 10.7. The summed E-state index contributed by atoms with van der Waals surface area (Å²) in [5, 5.41) is 0.544. The SMILES string of the molecule is Cc1c(N)cccc1CS(=O)(=O)c1ccc(Cl)c(Cl)c1. The van der Waals surface area contributed by atoms with E-state index in [9.17, 15) is 8.42 Å². The van der Waals surface area contributed by atoms with Crippen LogP contribution in [0.25, 0.3) is 0 Å². The Balaban J connectivity index is 2.41. The van der Waals surface area contributed by atoms with Gasteiger partial charge in [0.1, 0.15) is 0 Å². The lowest BCUT2D eigenvalue weighted by molar-refractivity contribution is 0.595. The van der Waals surface area contributed by atoms with Gasteiger partial charge in [-0.15, -0.1) is 0 Å². The molecule has 0 saturated heterocycles. The Morgan fingerprint density at radius 1 is 1.10 bits per heavy atom. The predicted octanol–water partition coefficient (Wildman–Crippen LogP) is 3.86. The Kier molecular flexibility index (Phi) is 4.28. The summed E-state index contributed by atoms with van der Waals surface area (Å²) in [5.74, 6) is -0.123. The number of benzene rings is 2. The molecule has 0 saturated carbocycles.